The maximum Gasteiger partial charge on any atom is 0.242 e. The predicted molar refractivity (Wildman–Crippen MR) is 98.5 cm³/mol. The number of likely N-dealkylation sites (tertiary alicyclic amines) is 2. The van der Waals surface area contributed by atoms with Crippen molar-refractivity contribution >= 4 is 11.7 Å². The first-order valence-electron chi connectivity index (χ1n) is 9.75. The second-order valence-electron chi connectivity index (χ2n) is 7.75. The molecule has 6 nitrogen and oxygen atoms in total. The fourth-order valence-corrected chi connectivity index (χ4v) is 4.69. The second-order valence-corrected chi connectivity index (χ2v) is 7.75. The first-order valence-corrected chi connectivity index (χ1v) is 9.75. The van der Waals surface area contributed by atoms with Gasteiger partial charge in [-0.1, -0.05) is 12.1 Å². The number of rotatable bonds is 5. The molecule has 1 N–H and O–H groups in total. The number of aryl methyl sites for hydroxylation is 1. The summed E-state index contributed by atoms with van der Waals surface area (Å²) in [5.74, 6) is 1.24. The third-order valence-corrected chi connectivity index (χ3v) is 5.88. The Balaban J connectivity index is 1.64. The van der Waals surface area contributed by atoms with E-state index in [1.165, 1.54) is 19.3 Å². The van der Waals surface area contributed by atoms with Gasteiger partial charge in [-0.3, -0.25) is 14.6 Å². The Hall–Kier alpha value is -1.40. The zero-order valence-electron chi connectivity index (χ0n) is 16.0. The second kappa shape index (κ2) is 7.87. The summed E-state index contributed by atoms with van der Waals surface area (Å²) in [6, 6.07) is 3.54. The highest BCUT2D eigenvalue weighted by atomic mass is 16.5. The van der Waals surface area contributed by atoms with Crippen LogP contribution in [0.3, 0.4) is 0 Å². The first kappa shape index (κ1) is 18.4. The van der Waals surface area contributed by atoms with Crippen molar-refractivity contribution in [2.75, 3.05) is 18.4 Å². The molecule has 1 aromatic heterocycles. The van der Waals surface area contributed by atoms with Gasteiger partial charge in [0.05, 0.1) is 6.04 Å². The molecule has 2 fully saturated rings. The minimum atomic E-state index is -0.104. The monoisotopic (exact) mass is 348 g/mol. The van der Waals surface area contributed by atoms with Gasteiger partial charge in [-0.15, -0.1) is 0 Å². The van der Waals surface area contributed by atoms with Crippen LogP contribution in [0.4, 0.5) is 5.82 Å². The summed E-state index contributed by atoms with van der Waals surface area (Å²) in [5, 5.41) is 6.80. The van der Waals surface area contributed by atoms with E-state index in [4.69, 9.17) is 4.52 Å². The Morgan fingerprint density at radius 2 is 2.08 bits per heavy atom. The zero-order valence-corrected chi connectivity index (χ0v) is 16.0. The van der Waals surface area contributed by atoms with Crippen molar-refractivity contribution in [3.05, 3.63) is 11.8 Å². The maximum absolute atomic E-state index is 12.8. The summed E-state index contributed by atoms with van der Waals surface area (Å²) in [6.07, 6.45) is 5.79. The van der Waals surface area contributed by atoms with Crippen LogP contribution in [0.2, 0.25) is 0 Å². The van der Waals surface area contributed by atoms with Gasteiger partial charge < -0.3 is 9.84 Å². The maximum atomic E-state index is 12.8. The van der Waals surface area contributed by atoms with E-state index < -0.39 is 0 Å². The molecule has 3 rings (SSSR count). The first-order chi connectivity index (χ1) is 12.0. The van der Waals surface area contributed by atoms with E-state index in [0.717, 1.165) is 25.9 Å². The summed E-state index contributed by atoms with van der Waals surface area (Å²) < 4.78 is 5.05. The van der Waals surface area contributed by atoms with Crippen molar-refractivity contribution in [3.8, 4) is 0 Å². The lowest BCUT2D eigenvalue weighted by molar-refractivity contribution is -0.122. The third kappa shape index (κ3) is 4.06. The summed E-state index contributed by atoms with van der Waals surface area (Å²) in [4.78, 5) is 17.8. The van der Waals surface area contributed by atoms with Crippen LogP contribution in [0.25, 0.3) is 0 Å². The summed E-state index contributed by atoms with van der Waals surface area (Å²) in [5.41, 5.74) is 0. The summed E-state index contributed by atoms with van der Waals surface area (Å²) in [6.45, 7) is 10.6. The van der Waals surface area contributed by atoms with Crippen LogP contribution >= 0.6 is 0 Å². The number of piperidine rings is 1. The molecule has 0 bridgehead atoms. The van der Waals surface area contributed by atoms with E-state index in [9.17, 15) is 4.79 Å². The van der Waals surface area contributed by atoms with Gasteiger partial charge in [0, 0.05) is 30.7 Å². The number of anilines is 1. The number of aromatic nitrogens is 1. The van der Waals surface area contributed by atoms with Gasteiger partial charge in [-0.05, 0) is 59.4 Å². The van der Waals surface area contributed by atoms with Crippen molar-refractivity contribution in [1.29, 1.82) is 0 Å². The van der Waals surface area contributed by atoms with Crippen molar-refractivity contribution < 1.29 is 9.32 Å². The van der Waals surface area contributed by atoms with Crippen LogP contribution in [0.1, 0.15) is 58.6 Å². The molecule has 0 saturated carbocycles. The SMILES string of the molecule is CC[C@H](C(=O)Nc1cc(C)on1)N1CCC[C@@H](N2[C@H](C)CC[C@@H]2C)C1. The molecule has 3 heterocycles. The van der Waals surface area contributed by atoms with Crippen LogP contribution in [0.15, 0.2) is 10.6 Å². The minimum Gasteiger partial charge on any atom is -0.360 e. The Morgan fingerprint density at radius 1 is 1.36 bits per heavy atom. The van der Waals surface area contributed by atoms with Crippen LogP contribution in [0.5, 0.6) is 0 Å². The quantitative estimate of drug-likeness (QED) is 0.886. The molecular weight excluding hydrogens is 316 g/mol. The Bertz CT molecular complexity index is 578. The van der Waals surface area contributed by atoms with Crippen LogP contribution < -0.4 is 5.32 Å². The van der Waals surface area contributed by atoms with E-state index in [2.05, 4.69) is 41.0 Å². The number of carbonyl (C=O) groups excluding carboxylic acids is 1. The zero-order chi connectivity index (χ0) is 18.0. The van der Waals surface area contributed by atoms with Crippen molar-refractivity contribution in [1.82, 2.24) is 15.0 Å². The minimum absolute atomic E-state index is 0.0268. The Labute approximate surface area is 150 Å². The molecule has 0 aromatic carbocycles. The number of hydrogen-bond acceptors (Lipinski definition) is 5. The average Bonchev–Trinajstić information content (AvgIpc) is 3.13. The lowest BCUT2D eigenvalue weighted by Gasteiger charge is -2.43. The van der Waals surface area contributed by atoms with Gasteiger partial charge in [0.2, 0.25) is 5.91 Å². The summed E-state index contributed by atoms with van der Waals surface area (Å²) >= 11 is 0. The lowest BCUT2D eigenvalue weighted by Crippen LogP contribution is -2.55. The molecular formula is C19H32N4O2. The largest absolute Gasteiger partial charge is 0.360 e. The lowest BCUT2D eigenvalue weighted by atomic mass is 9.99. The molecule has 0 unspecified atom stereocenters. The fourth-order valence-electron chi connectivity index (χ4n) is 4.69. The molecule has 2 aliphatic rings. The van der Waals surface area contributed by atoms with Gasteiger partial charge in [-0.25, -0.2) is 0 Å². The van der Waals surface area contributed by atoms with Gasteiger partial charge in [0.15, 0.2) is 5.82 Å². The van der Waals surface area contributed by atoms with Crippen molar-refractivity contribution in [2.45, 2.75) is 84.0 Å². The molecule has 6 heteroatoms. The summed E-state index contributed by atoms with van der Waals surface area (Å²) in [7, 11) is 0. The standard InChI is InChI=1S/C19H32N4O2/c1-5-17(19(24)20-18-11-15(4)25-21-18)22-10-6-7-16(12-22)23-13(2)8-9-14(23)3/h11,13-14,16-17H,5-10,12H2,1-4H3,(H,20,21,24)/t13-,14+,16-,17-/m1/s1. The number of amides is 1. The van der Waals surface area contributed by atoms with E-state index in [1.807, 2.05) is 6.92 Å². The molecule has 0 radical (unpaired) electrons. The van der Waals surface area contributed by atoms with Gasteiger partial charge in [0.1, 0.15) is 5.76 Å². The van der Waals surface area contributed by atoms with Gasteiger partial charge in [0.25, 0.3) is 0 Å². The predicted octanol–water partition coefficient (Wildman–Crippen LogP) is 3.04. The molecule has 1 aromatic rings. The topological polar surface area (TPSA) is 61.6 Å². The highest BCUT2D eigenvalue weighted by Gasteiger charge is 2.37. The van der Waals surface area contributed by atoms with Crippen LogP contribution in [0, 0.1) is 6.92 Å². The van der Waals surface area contributed by atoms with E-state index in [-0.39, 0.29) is 11.9 Å². The van der Waals surface area contributed by atoms with Crippen LogP contribution in [-0.2, 0) is 4.79 Å². The molecule has 2 aliphatic heterocycles. The van der Waals surface area contributed by atoms with Crippen molar-refractivity contribution in [3.63, 3.8) is 0 Å². The molecule has 4 atom stereocenters. The van der Waals surface area contributed by atoms with E-state index in [1.54, 1.807) is 6.07 Å². The highest BCUT2D eigenvalue weighted by Crippen LogP contribution is 2.30. The Kier molecular flexibility index (Phi) is 5.79. The molecule has 0 spiro atoms. The number of hydrogen-bond donors (Lipinski definition) is 1. The molecule has 1 amide bonds. The smallest absolute Gasteiger partial charge is 0.242 e. The highest BCUT2D eigenvalue weighted by molar-refractivity contribution is 5.94. The number of carbonyl (C=O) groups is 1. The number of nitrogens with zero attached hydrogens (tertiary/aromatic N) is 3. The Morgan fingerprint density at radius 3 is 2.68 bits per heavy atom. The van der Waals surface area contributed by atoms with Crippen LogP contribution in [-0.4, -0.2) is 58.1 Å². The number of nitrogens with one attached hydrogen (secondary N) is 1. The molecule has 2 saturated heterocycles. The fraction of sp³-hybridized carbons (Fsp3) is 0.789. The average molecular weight is 348 g/mol. The molecule has 140 valence electrons. The van der Waals surface area contributed by atoms with E-state index in [0.29, 0.717) is 29.7 Å². The third-order valence-electron chi connectivity index (χ3n) is 5.88. The molecule has 25 heavy (non-hydrogen) atoms. The van der Waals surface area contributed by atoms with Crippen molar-refractivity contribution in [2.24, 2.45) is 0 Å². The van der Waals surface area contributed by atoms with Gasteiger partial charge >= 0.3 is 0 Å². The van der Waals surface area contributed by atoms with Gasteiger partial charge in [-0.2, -0.15) is 0 Å². The normalized spacial score (nSPS) is 29.7. The molecule has 0 aliphatic carbocycles. The van der Waals surface area contributed by atoms with E-state index >= 15 is 0 Å².